The first-order valence-electron chi connectivity index (χ1n) is 10.7. The van der Waals surface area contributed by atoms with Crippen LogP contribution in [0.25, 0.3) is 0 Å². The van der Waals surface area contributed by atoms with Gasteiger partial charge >= 0.3 is 6.03 Å². The molecule has 30 heavy (non-hydrogen) atoms. The molecule has 7 heteroatoms. The largest absolute Gasteiger partial charge is 0.493 e. The van der Waals surface area contributed by atoms with Crippen LogP contribution >= 0.6 is 0 Å². The van der Waals surface area contributed by atoms with Crippen molar-refractivity contribution in [3.8, 4) is 5.75 Å². The van der Waals surface area contributed by atoms with Crippen LogP contribution in [0.4, 0.5) is 4.79 Å². The minimum Gasteiger partial charge on any atom is -0.493 e. The Morgan fingerprint density at radius 3 is 2.47 bits per heavy atom. The topological polar surface area (TPSA) is 70.6 Å². The van der Waals surface area contributed by atoms with E-state index in [2.05, 4.69) is 41.1 Å². The van der Waals surface area contributed by atoms with Gasteiger partial charge in [-0.3, -0.25) is 0 Å². The summed E-state index contributed by atoms with van der Waals surface area (Å²) >= 11 is 0. The molecule has 0 spiro atoms. The Kier molecular flexibility index (Phi) is 8.02. The lowest BCUT2D eigenvalue weighted by molar-refractivity contribution is 0.127. The molecule has 3 rings (SSSR count). The molecule has 0 aliphatic carbocycles. The number of nitrogens with one attached hydrogen (secondary N) is 1. The fourth-order valence-corrected chi connectivity index (χ4v) is 3.53. The summed E-state index contributed by atoms with van der Waals surface area (Å²) in [4.78, 5) is 25.5. The number of aromatic nitrogens is 2. The third-order valence-electron chi connectivity index (χ3n) is 5.31. The van der Waals surface area contributed by atoms with Crippen LogP contribution < -0.4 is 10.1 Å². The van der Waals surface area contributed by atoms with Crippen molar-refractivity contribution < 1.29 is 9.53 Å². The summed E-state index contributed by atoms with van der Waals surface area (Å²) in [7, 11) is 2.13. The van der Waals surface area contributed by atoms with E-state index in [1.807, 2.05) is 29.2 Å². The third kappa shape index (κ3) is 6.69. The first-order chi connectivity index (χ1) is 14.5. The van der Waals surface area contributed by atoms with Gasteiger partial charge < -0.3 is 19.9 Å². The first kappa shape index (κ1) is 22.0. The van der Waals surface area contributed by atoms with Crippen molar-refractivity contribution in [3.05, 3.63) is 54.1 Å². The van der Waals surface area contributed by atoms with Crippen LogP contribution in [0.5, 0.6) is 5.75 Å². The van der Waals surface area contributed by atoms with Crippen LogP contribution in [-0.2, 0) is 13.1 Å². The Bertz CT molecular complexity index is 774. The molecule has 1 aliphatic rings. The number of hydrogen-bond donors (Lipinski definition) is 1. The van der Waals surface area contributed by atoms with Crippen LogP contribution in [0.15, 0.2) is 43.0 Å². The first-order valence-corrected chi connectivity index (χ1v) is 10.7. The van der Waals surface area contributed by atoms with Crippen molar-refractivity contribution in [1.29, 1.82) is 0 Å². The molecular formula is C23H33N5O2. The van der Waals surface area contributed by atoms with Crippen LogP contribution in [0.2, 0.25) is 0 Å². The Morgan fingerprint density at radius 1 is 1.17 bits per heavy atom. The van der Waals surface area contributed by atoms with Crippen molar-refractivity contribution in [2.24, 2.45) is 5.92 Å². The molecule has 0 radical (unpaired) electrons. The third-order valence-corrected chi connectivity index (χ3v) is 5.31. The molecule has 1 aromatic carbocycles. The predicted octanol–water partition coefficient (Wildman–Crippen LogP) is 3.32. The number of piperidine rings is 1. The summed E-state index contributed by atoms with van der Waals surface area (Å²) in [6.07, 6.45) is 7.01. The Morgan fingerprint density at radius 2 is 1.83 bits per heavy atom. The maximum Gasteiger partial charge on any atom is 0.318 e. The van der Waals surface area contributed by atoms with Crippen molar-refractivity contribution >= 4 is 6.03 Å². The lowest BCUT2D eigenvalue weighted by atomic mass is 10.0. The monoisotopic (exact) mass is 411 g/mol. The standard InChI is InChI=1S/C23H33N5O2/c1-18(2)16-30-22-6-4-19(5-7-22)14-26-23(29)28(15-20-12-24-17-25-13-20)21-8-10-27(3)11-9-21/h4-7,12-13,17-18,21H,8-11,14-16H2,1-3H3,(H,26,29). The highest BCUT2D eigenvalue weighted by Gasteiger charge is 2.27. The van der Waals surface area contributed by atoms with E-state index in [0.29, 0.717) is 25.6 Å². The summed E-state index contributed by atoms with van der Waals surface area (Å²) < 4.78 is 5.73. The van der Waals surface area contributed by atoms with Gasteiger partial charge in [-0.05, 0) is 56.6 Å². The van der Waals surface area contributed by atoms with Gasteiger partial charge in [0.1, 0.15) is 12.1 Å². The molecule has 2 heterocycles. The highest BCUT2D eigenvalue weighted by Crippen LogP contribution is 2.19. The maximum atomic E-state index is 13.1. The molecule has 7 nitrogen and oxygen atoms in total. The average molecular weight is 412 g/mol. The molecule has 162 valence electrons. The summed E-state index contributed by atoms with van der Waals surface area (Å²) in [6.45, 7) is 7.95. The average Bonchev–Trinajstić information content (AvgIpc) is 2.76. The van der Waals surface area contributed by atoms with E-state index in [4.69, 9.17) is 4.74 Å². The molecule has 1 fully saturated rings. The van der Waals surface area contributed by atoms with Crippen molar-refractivity contribution in [2.45, 2.75) is 45.8 Å². The zero-order valence-corrected chi connectivity index (χ0v) is 18.3. The molecule has 2 aromatic rings. The SMILES string of the molecule is CC(C)COc1ccc(CNC(=O)N(Cc2cncnc2)C2CCN(C)CC2)cc1. The van der Waals surface area contributed by atoms with E-state index in [9.17, 15) is 4.79 Å². The molecule has 0 unspecified atom stereocenters. The van der Waals surface area contributed by atoms with Crippen molar-refractivity contribution in [2.75, 3.05) is 26.7 Å². The summed E-state index contributed by atoms with van der Waals surface area (Å²) in [5.74, 6) is 1.35. The quantitative estimate of drug-likeness (QED) is 0.722. The molecule has 0 saturated carbocycles. The van der Waals surface area contributed by atoms with Crippen LogP contribution in [-0.4, -0.2) is 58.6 Å². The van der Waals surface area contributed by atoms with E-state index in [1.54, 1.807) is 12.4 Å². The number of amides is 2. The molecular weight excluding hydrogens is 378 g/mol. The minimum atomic E-state index is -0.0476. The Balaban J connectivity index is 1.59. The second-order valence-corrected chi connectivity index (χ2v) is 8.42. The number of rotatable bonds is 8. The van der Waals surface area contributed by atoms with Crippen LogP contribution in [0.1, 0.15) is 37.8 Å². The van der Waals surface area contributed by atoms with Crippen molar-refractivity contribution in [1.82, 2.24) is 25.1 Å². The van der Waals surface area contributed by atoms with Crippen molar-refractivity contribution in [3.63, 3.8) is 0 Å². The van der Waals surface area contributed by atoms with E-state index in [0.717, 1.165) is 42.8 Å². The van der Waals surface area contributed by atoms with Crippen LogP contribution in [0, 0.1) is 5.92 Å². The minimum absolute atomic E-state index is 0.0476. The van der Waals surface area contributed by atoms with Gasteiger partial charge in [-0.2, -0.15) is 0 Å². The van der Waals surface area contributed by atoms with Crippen LogP contribution in [0.3, 0.4) is 0 Å². The van der Waals surface area contributed by atoms with Gasteiger partial charge in [-0.1, -0.05) is 26.0 Å². The van der Waals surface area contributed by atoms with Gasteiger partial charge in [-0.25, -0.2) is 14.8 Å². The summed E-state index contributed by atoms with van der Waals surface area (Å²) in [5.41, 5.74) is 1.99. The zero-order valence-electron chi connectivity index (χ0n) is 18.3. The lowest BCUT2D eigenvalue weighted by Crippen LogP contribution is -2.49. The lowest BCUT2D eigenvalue weighted by Gasteiger charge is -2.37. The highest BCUT2D eigenvalue weighted by molar-refractivity contribution is 5.74. The number of hydrogen-bond acceptors (Lipinski definition) is 5. The fraction of sp³-hybridized carbons (Fsp3) is 0.522. The molecule has 0 atom stereocenters. The Hall–Kier alpha value is -2.67. The highest BCUT2D eigenvalue weighted by atomic mass is 16.5. The van der Waals surface area contributed by atoms with E-state index < -0.39 is 0 Å². The number of carbonyl (C=O) groups is 1. The maximum absolute atomic E-state index is 13.1. The normalized spacial score (nSPS) is 15.2. The molecule has 1 aliphatic heterocycles. The van der Waals surface area contributed by atoms with Gasteiger partial charge in [0.2, 0.25) is 0 Å². The number of urea groups is 1. The Labute approximate surface area is 179 Å². The molecule has 1 N–H and O–H groups in total. The van der Waals surface area contributed by atoms with Gasteiger partial charge in [0.15, 0.2) is 0 Å². The second-order valence-electron chi connectivity index (χ2n) is 8.42. The number of ether oxygens (including phenoxy) is 1. The smallest absolute Gasteiger partial charge is 0.318 e. The summed E-state index contributed by atoms with van der Waals surface area (Å²) in [6, 6.07) is 8.09. The number of nitrogens with zero attached hydrogens (tertiary/aromatic N) is 4. The van der Waals surface area contributed by atoms with E-state index in [-0.39, 0.29) is 12.1 Å². The van der Waals surface area contributed by atoms with Gasteiger partial charge in [-0.15, -0.1) is 0 Å². The van der Waals surface area contributed by atoms with Gasteiger partial charge in [0, 0.05) is 30.5 Å². The predicted molar refractivity (Wildman–Crippen MR) is 117 cm³/mol. The van der Waals surface area contributed by atoms with E-state index >= 15 is 0 Å². The number of likely N-dealkylation sites (tertiary alicyclic amines) is 1. The molecule has 0 bridgehead atoms. The molecule has 2 amide bonds. The number of benzene rings is 1. The zero-order chi connectivity index (χ0) is 21.3. The molecule has 1 aromatic heterocycles. The number of carbonyl (C=O) groups excluding carboxylic acids is 1. The van der Waals surface area contributed by atoms with Gasteiger partial charge in [0.05, 0.1) is 13.2 Å². The molecule has 1 saturated heterocycles. The second kappa shape index (κ2) is 10.9. The summed E-state index contributed by atoms with van der Waals surface area (Å²) in [5, 5.41) is 3.09. The van der Waals surface area contributed by atoms with Gasteiger partial charge in [0.25, 0.3) is 0 Å². The van der Waals surface area contributed by atoms with E-state index in [1.165, 1.54) is 6.33 Å². The fourth-order valence-electron chi connectivity index (χ4n) is 3.53.